The van der Waals surface area contributed by atoms with Crippen molar-refractivity contribution in [1.82, 2.24) is 9.38 Å². The van der Waals surface area contributed by atoms with Crippen molar-refractivity contribution in [3.05, 3.63) is 89.4 Å². The number of esters is 1. The second-order valence-electron chi connectivity index (χ2n) is 7.02. The van der Waals surface area contributed by atoms with Gasteiger partial charge in [0.2, 0.25) is 0 Å². The van der Waals surface area contributed by atoms with Crippen molar-refractivity contribution >= 4 is 11.6 Å². The zero-order valence-electron chi connectivity index (χ0n) is 17.0. The largest absolute Gasteiger partial charge is 0.465 e. The molecule has 2 heterocycles. The average molecular weight is 422 g/mol. The first-order valence-corrected chi connectivity index (χ1v) is 9.65. The number of carbonyl (C=O) groups excluding carboxylic acids is 1. The molecular weight excluding hydrogens is 402 g/mol. The molecule has 0 saturated carbocycles. The number of halogens is 2. The molecule has 4 rings (SSSR count). The van der Waals surface area contributed by atoms with Gasteiger partial charge in [-0.25, -0.2) is 9.78 Å². The molecule has 158 valence electrons. The Labute approximate surface area is 177 Å². The number of nitrogens with zero attached hydrogens (tertiary/aromatic N) is 2. The second kappa shape index (κ2) is 8.55. The molecule has 0 atom stereocenters. The molecule has 0 spiro atoms. The van der Waals surface area contributed by atoms with E-state index in [1.807, 2.05) is 41.8 Å². The molecular formula is C24H20F2N2O3. The van der Waals surface area contributed by atoms with E-state index < -0.39 is 6.61 Å². The zero-order valence-corrected chi connectivity index (χ0v) is 17.0. The molecule has 4 aromatic rings. The van der Waals surface area contributed by atoms with Gasteiger partial charge in [-0.1, -0.05) is 30.3 Å². The van der Waals surface area contributed by atoms with E-state index in [-0.39, 0.29) is 11.7 Å². The first-order chi connectivity index (χ1) is 15.0. The lowest BCUT2D eigenvalue weighted by Gasteiger charge is -2.11. The Morgan fingerprint density at radius 2 is 1.74 bits per heavy atom. The van der Waals surface area contributed by atoms with Crippen LogP contribution in [0, 0.1) is 6.92 Å². The van der Waals surface area contributed by atoms with E-state index in [2.05, 4.69) is 9.72 Å². The lowest BCUT2D eigenvalue weighted by molar-refractivity contribution is -0.0504. The van der Waals surface area contributed by atoms with Crippen molar-refractivity contribution < 1.29 is 23.0 Å². The van der Waals surface area contributed by atoms with Crippen molar-refractivity contribution in [1.29, 1.82) is 0 Å². The highest BCUT2D eigenvalue weighted by Gasteiger charge is 2.15. The average Bonchev–Trinajstić information content (AvgIpc) is 3.08. The van der Waals surface area contributed by atoms with Gasteiger partial charge in [0, 0.05) is 23.9 Å². The normalized spacial score (nSPS) is 11.1. The number of rotatable bonds is 6. The molecule has 0 amide bonds. The highest BCUT2D eigenvalue weighted by atomic mass is 19.3. The predicted octanol–water partition coefficient (Wildman–Crippen LogP) is 5.29. The standard InChI is InChI=1S/C24H20F2N2O3/c1-15-20(13-18-5-3-4-6-21(18)31-24(25)26)28-14-19(11-12-22(28)27-15)16-7-9-17(10-8-16)23(29)30-2/h3-12,14,24H,13H2,1-2H3. The maximum Gasteiger partial charge on any atom is 0.387 e. The lowest BCUT2D eigenvalue weighted by atomic mass is 10.1. The number of aromatic nitrogens is 2. The van der Waals surface area contributed by atoms with E-state index >= 15 is 0 Å². The van der Waals surface area contributed by atoms with Gasteiger partial charge in [0.25, 0.3) is 0 Å². The first-order valence-electron chi connectivity index (χ1n) is 9.65. The molecule has 0 aliphatic heterocycles. The minimum Gasteiger partial charge on any atom is -0.465 e. The van der Waals surface area contributed by atoms with Gasteiger partial charge in [-0.15, -0.1) is 0 Å². The molecule has 7 heteroatoms. The first kappa shape index (κ1) is 20.5. The van der Waals surface area contributed by atoms with E-state index in [1.165, 1.54) is 13.2 Å². The van der Waals surface area contributed by atoms with Crippen molar-refractivity contribution in [2.45, 2.75) is 20.0 Å². The molecule has 0 aliphatic rings. The molecule has 31 heavy (non-hydrogen) atoms. The highest BCUT2D eigenvalue weighted by molar-refractivity contribution is 5.90. The number of hydrogen-bond donors (Lipinski definition) is 0. The number of aryl methyl sites for hydroxylation is 1. The van der Waals surface area contributed by atoms with Gasteiger partial charge < -0.3 is 13.9 Å². The van der Waals surface area contributed by atoms with Gasteiger partial charge in [-0.05, 0) is 48.4 Å². The van der Waals surface area contributed by atoms with Crippen LogP contribution in [0.3, 0.4) is 0 Å². The van der Waals surface area contributed by atoms with Crippen LogP contribution in [-0.4, -0.2) is 29.1 Å². The van der Waals surface area contributed by atoms with Crippen molar-refractivity contribution in [2.75, 3.05) is 7.11 Å². The van der Waals surface area contributed by atoms with E-state index in [0.717, 1.165) is 28.2 Å². The monoisotopic (exact) mass is 422 g/mol. The Morgan fingerprint density at radius 1 is 1.03 bits per heavy atom. The minimum absolute atomic E-state index is 0.154. The van der Waals surface area contributed by atoms with Crippen molar-refractivity contribution in [3.8, 4) is 16.9 Å². The van der Waals surface area contributed by atoms with Gasteiger partial charge in [-0.2, -0.15) is 8.78 Å². The summed E-state index contributed by atoms with van der Waals surface area (Å²) < 4.78 is 36.9. The number of carbonyl (C=O) groups is 1. The summed E-state index contributed by atoms with van der Waals surface area (Å²) in [4.78, 5) is 16.3. The van der Waals surface area contributed by atoms with Crippen LogP contribution in [0.4, 0.5) is 8.78 Å². The molecule has 2 aromatic carbocycles. The summed E-state index contributed by atoms with van der Waals surface area (Å²) in [6.45, 7) is -0.993. The van der Waals surface area contributed by atoms with Crippen LogP contribution >= 0.6 is 0 Å². The number of imidazole rings is 1. The number of alkyl halides is 2. The highest BCUT2D eigenvalue weighted by Crippen LogP contribution is 2.27. The smallest absolute Gasteiger partial charge is 0.387 e. The molecule has 0 unspecified atom stereocenters. The Kier molecular flexibility index (Phi) is 5.66. The van der Waals surface area contributed by atoms with Crippen molar-refractivity contribution in [3.63, 3.8) is 0 Å². The van der Waals surface area contributed by atoms with Crippen LogP contribution in [0.5, 0.6) is 5.75 Å². The topological polar surface area (TPSA) is 52.8 Å². The van der Waals surface area contributed by atoms with E-state index in [1.54, 1.807) is 30.3 Å². The number of methoxy groups -OCH3 is 1. The lowest BCUT2D eigenvalue weighted by Crippen LogP contribution is -2.05. The molecule has 0 radical (unpaired) electrons. The zero-order chi connectivity index (χ0) is 22.0. The molecule has 0 aliphatic carbocycles. The molecule has 0 N–H and O–H groups in total. The molecule has 0 fully saturated rings. The third-order valence-electron chi connectivity index (χ3n) is 5.10. The number of para-hydroxylation sites is 1. The number of benzene rings is 2. The second-order valence-corrected chi connectivity index (χ2v) is 7.02. The maximum absolute atomic E-state index is 12.8. The molecule has 5 nitrogen and oxygen atoms in total. The van der Waals surface area contributed by atoms with Crippen LogP contribution in [0.1, 0.15) is 27.3 Å². The Balaban J connectivity index is 1.71. The van der Waals surface area contributed by atoms with Crippen LogP contribution in [0.2, 0.25) is 0 Å². The fourth-order valence-electron chi connectivity index (χ4n) is 3.55. The third-order valence-corrected chi connectivity index (χ3v) is 5.10. The van der Waals surface area contributed by atoms with Crippen molar-refractivity contribution in [2.24, 2.45) is 0 Å². The predicted molar refractivity (Wildman–Crippen MR) is 113 cm³/mol. The Morgan fingerprint density at radius 3 is 2.45 bits per heavy atom. The maximum atomic E-state index is 12.8. The summed E-state index contributed by atoms with van der Waals surface area (Å²) in [6, 6.07) is 17.7. The minimum atomic E-state index is -2.89. The number of fused-ring (bicyclic) bond motifs is 1. The van der Waals surface area contributed by atoms with Gasteiger partial charge in [0.05, 0.1) is 18.4 Å². The summed E-state index contributed by atoms with van der Waals surface area (Å²) in [5.74, 6) is -0.236. The summed E-state index contributed by atoms with van der Waals surface area (Å²) in [5, 5.41) is 0. The third kappa shape index (κ3) is 4.26. The Bertz CT molecular complexity index is 1230. The van der Waals surface area contributed by atoms with Crippen LogP contribution in [0.15, 0.2) is 66.9 Å². The van der Waals surface area contributed by atoms with Gasteiger partial charge in [0.15, 0.2) is 0 Å². The number of pyridine rings is 1. The molecule has 0 saturated heterocycles. The van der Waals surface area contributed by atoms with E-state index in [9.17, 15) is 13.6 Å². The van der Waals surface area contributed by atoms with Gasteiger partial charge >= 0.3 is 12.6 Å². The molecule has 0 bridgehead atoms. The number of ether oxygens (including phenoxy) is 2. The summed E-state index contributed by atoms with van der Waals surface area (Å²) in [7, 11) is 1.34. The fraction of sp³-hybridized carbons (Fsp3) is 0.167. The van der Waals surface area contributed by atoms with Crippen LogP contribution < -0.4 is 4.74 Å². The number of hydrogen-bond acceptors (Lipinski definition) is 4. The molecule has 2 aromatic heterocycles. The van der Waals surface area contributed by atoms with Gasteiger partial charge in [-0.3, -0.25) is 0 Å². The quantitative estimate of drug-likeness (QED) is 0.396. The van der Waals surface area contributed by atoms with Gasteiger partial charge in [0.1, 0.15) is 11.4 Å². The van der Waals surface area contributed by atoms with Crippen LogP contribution in [0.25, 0.3) is 16.8 Å². The fourth-order valence-corrected chi connectivity index (χ4v) is 3.55. The Hall–Kier alpha value is -3.74. The summed E-state index contributed by atoms with van der Waals surface area (Å²) >= 11 is 0. The summed E-state index contributed by atoms with van der Waals surface area (Å²) in [6.07, 6.45) is 2.34. The van der Waals surface area contributed by atoms with E-state index in [4.69, 9.17) is 4.74 Å². The van der Waals surface area contributed by atoms with Crippen LogP contribution in [-0.2, 0) is 11.2 Å². The van der Waals surface area contributed by atoms with E-state index in [0.29, 0.717) is 17.5 Å². The summed E-state index contributed by atoms with van der Waals surface area (Å²) in [5.41, 5.74) is 5.43. The SMILES string of the molecule is COC(=O)c1ccc(-c2ccc3nc(C)c(Cc4ccccc4OC(F)F)n3c2)cc1.